The molecule has 1 aromatic rings. The molecule has 9 nitrogen and oxygen atoms in total. The fraction of sp³-hybridized carbons (Fsp3) is 0.800. The van der Waals surface area contributed by atoms with E-state index in [1.807, 2.05) is 6.92 Å². The van der Waals surface area contributed by atoms with Crippen molar-refractivity contribution in [3.63, 3.8) is 0 Å². The van der Waals surface area contributed by atoms with Crippen molar-refractivity contribution in [3.05, 3.63) is 17.5 Å². The second kappa shape index (κ2) is 8.57. The number of rotatable bonds is 6. The van der Waals surface area contributed by atoms with Crippen molar-refractivity contribution in [2.75, 3.05) is 33.2 Å². The lowest BCUT2D eigenvalue weighted by Crippen LogP contribution is -2.59. The molecule has 0 radical (unpaired) electrons. The molecule has 0 bridgehead atoms. The molecule has 2 saturated heterocycles. The Morgan fingerprint density at radius 2 is 2.03 bits per heavy atom. The Bertz CT molecular complexity index is 868. The van der Waals surface area contributed by atoms with Crippen LogP contribution in [0.1, 0.15) is 68.1 Å². The van der Waals surface area contributed by atoms with Gasteiger partial charge in [0.05, 0.1) is 0 Å². The SMILES string of the molecule is CC[C@@H]1CN(S(=O)(=O)N2CC[C@H](NC(=O)c3cc(C4CC4)on3)C[C@@H]2C)CCN1C. The van der Waals surface area contributed by atoms with Crippen molar-refractivity contribution in [2.45, 2.75) is 70.0 Å². The van der Waals surface area contributed by atoms with Crippen LogP contribution in [-0.2, 0) is 10.2 Å². The Kier molecular flexibility index (Phi) is 6.20. The number of carbonyl (C=O) groups is 1. The molecule has 1 saturated carbocycles. The molecule has 3 heterocycles. The van der Waals surface area contributed by atoms with Gasteiger partial charge in [-0.25, -0.2) is 0 Å². The molecule has 1 aliphatic carbocycles. The van der Waals surface area contributed by atoms with Crippen molar-refractivity contribution in [1.29, 1.82) is 0 Å². The fourth-order valence-electron chi connectivity index (χ4n) is 4.56. The lowest BCUT2D eigenvalue weighted by molar-refractivity contribution is 0.0900. The third kappa shape index (κ3) is 4.42. The maximum Gasteiger partial charge on any atom is 0.282 e. The molecule has 0 aromatic carbocycles. The number of hydrogen-bond donors (Lipinski definition) is 1. The van der Waals surface area contributed by atoms with E-state index in [0.29, 0.717) is 44.1 Å². The topological polar surface area (TPSA) is 99.0 Å². The van der Waals surface area contributed by atoms with E-state index in [0.717, 1.165) is 31.6 Å². The van der Waals surface area contributed by atoms with Gasteiger partial charge in [-0.3, -0.25) is 4.79 Å². The van der Waals surface area contributed by atoms with Crippen LogP contribution in [0.3, 0.4) is 0 Å². The minimum Gasteiger partial charge on any atom is -0.360 e. The van der Waals surface area contributed by atoms with Crippen molar-refractivity contribution < 1.29 is 17.7 Å². The Labute approximate surface area is 178 Å². The quantitative estimate of drug-likeness (QED) is 0.720. The third-order valence-electron chi connectivity index (χ3n) is 6.72. The number of nitrogens with one attached hydrogen (secondary N) is 1. The number of hydrogen-bond acceptors (Lipinski definition) is 6. The predicted molar refractivity (Wildman–Crippen MR) is 112 cm³/mol. The number of aromatic nitrogens is 1. The Balaban J connectivity index is 1.34. The van der Waals surface area contributed by atoms with Crippen LogP contribution >= 0.6 is 0 Å². The average molecular weight is 440 g/mol. The fourth-order valence-corrected chi connectivity index (χ4v) is 6.40. The maximum atomic E-state index is 13.3. The van der Waals surface area contributed by atoms with E-state index in [1.165, 1.54) is 0 Å². The Morgan fingerprint density at radius 3 is 2.70 bits per heavy atom. The van der Waals surface area contributed by atoms with Gasteiger partial charge in [0.25, 0.3) is 16.1 Å². The molecular formula is C20H33N5O4S. The summed E-state index contributed by atoms with van der Waals surface area (Å²) in [7, 11) is -1.45. The summed E-state index contributed by atoms with van der Waals surface area (Å²) < 4.78 is 35.0. The number of carbonyl (C=O) groups excluding carboxylic acids is 1. The van der Waals surface area contributed by atoms with Gasteiger partial charge in [-0.05, 0) is 46.1 Å². The van der Waals surface area contributed by atoms with Crippen LogP contribution in [-0.4, -0.2) is 84.3 Å². The Morgan fingerprint density at radius 1 is 1.27 bits per heavy atom. The van der Waals surface area contributed by atoms with Crippen LogP contribution in [0.5, 0.6) is 0 Å². The maximum absolute atomic E-state index is 13.3. The van der Waals surface area contributed by atoms with Gasteiger partial charge in [0.1, 0.15) is 5.76 Å². The largest absolute Gasteiger partial charge is 0.360 e. The van der Waals surface area contributed by atoms with E-state index in [1.54, 1.807) is 14.7 Å². The molecule has 3 atom stereocenters. The first-order valence-electron chi connectivity index (χ1n) is 11.0. The molecule has 30 heavy (non-hydrogen) atoms. The lowest BCUT2D eigenvalue weighted by atomic mass is 10.0. The van der Waals surface area contributed by atoms with E-state index >= 15 is 0 Å². The molecular weight excluding hydrogens is 406 g/mol. The highest BCUT2D eigenvalue weighted by Gasteiger charge is 2.40. The van der Waals surface area contributed by atoms with Gasteiger partial charge >= 0.3 is 0 Å². The summed E-state index contributed by atoms with van der Waals surface area (Å²) in [4.78, 5) is 14.8. The van der Waals surface area contributed by atoms with Crippen LogP contribution in [0.15, 0.2) is 10.6 Å². The van der Waals surface area contributed by atoms with Crippen LogP contribution in [0.25, 0.3) is 0 Å². The second-order valence-electron chi connectivity index (χ2n) is 8.95. The molecule has 10 heteroatoms. The summed E-state index contributed by atoms with van der Waals surface area (Å²) in [6, 6.07) is 1.74. The third-order valence-corrected chi connectivity index (χ3v) is 8.84. The lowest BCUT2D eigenvalue weighted by Gasteiger charge is -2.43. The minimum absolute atomic E-state index is 0.0732. The summed E-state index contributed by atoms with van der Waals surface area (Å²) in [5, 5.41) is 6.90. The summed E-state index contributed by atoms with van der Waals surface area (Å²) >= 11 is 0. The smallest absolute Gasteiger partial charge is 0.282 e. The number of amides is 1. The average Bonchev–Trinajstić information content (AvgIpc) is 3.44. The predicted octanol–water partition coefficient (Wildman–Crippen LogP) is 1.41. The van der Waals surface area contributed by atoms with Gasteiger partial charge < -0.3 is 14.7 Å². The van der Waals surface area contributed by atoms with Crippen LogP contribution < -0.4 is 5.32 Å². The second-order valence-corrected chi connectivity index (χ2v) is 10.8. The minimum atomic E-state index is -3.50. The molecule has 3 aliphatic rings. The highest BCUT2D eigenvalue weighted by molar-refractivity contribution is 7.86. The van der Waals surface area contributed by atoms with E-state index in [2.05, 4.69) is 29.3 Å². The van der Waals surface area contributed by atoms with Crippen LogP contribution in [0.2, 0.25) is 0 Å². The van der Waals surface area contributed by atoms with Gasteiger partial charge in [0, 0.05) is 56.3 Å². The molecule has 2 aliphatic heterocycles. The first kappa shape index (κ1) is 21.7. The highest BCUT2D eigenvalue weighted by Crippen LogP contribution is 2.40. The molecule has 1 N–H and O–H groups in total. The van der Waals surface area contributed by atoms with Crippen molar-refractivity contribution in [3.8, 4) is 0 Å². The van der Waals surface area contributed by atoms with Gasteiger partial charge in [0.15, 0.2) is 5.69 Å². The number of likely N-dealkylation sites (N-methyl/N-ethyl adjacent to an activating group) is 1. The zero-order chi connectivity index (χ0) is 21.5. The summed E-state index contributed by atoms with van der Waals surface area (Å²) in [5.41, 5.74) is 0.308. The number of nitrogens with zero attached hydrogens (tertiary/aromatic N) is 4. The van der Waals surface area contributed by atoms with E-state index in [-0.39, 0.29) is 24.0 Å². The summed E-state index contributed by atoms with van der Waals surface area (Å²) in [6.45, 7) is 6.23. The van der Waals surface area contributed by atoms with E-state index in [4.69, 9.17) is 4.52 Å². The zero-order valence-corrected chi connectivity index (χ0v) is 18.9. The molecule has 1 aromatic heterocycles. The molecule has 1 amide bonds. The summed E-state index contributed by atoms with van der Waals surface area (Å²) in [5.74, 6) is 0.949. The van der Waals surface area contributed by atoms with E-state index in [9.17, 15) is 13.2 Å². The van der Waals surface area contributed by atoms with Gasteiger partial charge in [-0.2, -0.15) is 17.0 Å². The molecule has 3 fully saturated rings. The zero-order valence-electron chi connectivity index (χ0n) is 18.1. The first-order valence-corrected chi connectivity index (χ1v) is 12.4. The van der Waals surface area contributed by atoms with Gasteiger partial charge in [-0.1, -0.05) is 12.1 Å². The highest BCUT2D eigenvalue weighted by atomic mass is 32.2. The van der Waals surface area contributed by atoms with Crippen molar-refractivity contribution in [2.24, 2.45) is 0 Å². The molecule has 0 spiro atoms. The first-order chi connectivity index (χ1) is 14.3. The van der Waals surface area contributed by atoms with Crippen LogP contribution in [0, 0.1) is 0 Å². The molecule has 4 rings (SSSR count). The monoisotopic (exact) mass is 439 g/mol. The number of piperazine rings is 1. The standard InChI is InChI=1S/C20H33N5O4S/c1-4-17-13-24(10-9-23(17)3)30(27,28)25-8-7-16(11-14(25)2)21-20(26)18-12-19(29-22-18)15-5-6-15/h12,14-17H,4-11,13H2,1-3H3,(H,21,26)/t14-,16-,17+/m0/s1. The summed E-state index contributed by atoms with van der Waals surface area (Å²) in [6.07, 6.45) is 4.29. The number of piperidine rings is 1. The molecule has 0 unspecified atom stereocenters. The van der Waals surface area contributed by atoms with Gasteiger partial charge in [-0.15, -0.1) is 0 Å². The van der Waals surface area contributed by atoms with Gasteiger partial charge in [0.2, 0.25) is 0 Å². The van der Waals surface area contributed by atoms with E-state index < -0.39 is 10.2 Å². The van der Waals surface area contributed by atoms with Crippen molar-refractivity contribution >= 4 is 16.1 Å². The Hall–Kier alpha value is -1.49. The van der Waals surface area contributed by atoms with Crippen molar-refractivity contribution in [1.82, 2.24) is 24.0 Å². The normalized spacial score (nSPS) is 29.8. The van der Waals surface area contributed by atoms with Crippen LogP contribution in [0.4, 0.5) is 0 Å². The molecule has 168 valence electrons.